The van der Waals surface area contributed by atoms with Crippen molar-refractivity contribution in [1.29, 1.82) is 0 Å². The van der Waals surface area contributed by atoms with Gasteiger partial charge in [-0.05, 0) is 56.7 Å². The lowest BCUT2D eigenvalue weighted by Gasteiger charge is -2.24. The minimum atomic E-state index is -4.30. The molecule has 2 heterocycles. The number of ether oxygens (including phenoxy) is 3. The maximum atomic E-state index is 14.7. The third-order valence-corrected chi connectivity index (χ3v) is 6.56. The number of rotatable bonds is 5. The van der Waals surface area contributed by atoms with Crippen LogP contribution in [0.4, 0.5) is 9.18 Å². The van der Waals surface area contributed by atoms with Crippen molar-refractivity contribution in [2.75, 3.05) is 13.8 Å². The highest BCUT2D eigenvalue weighted by Gasteiger charge is 2.27. The molecule has 10 heteroatoms. The van der Waals surface area contributed by atoms with Gasteiger partial charge in [-0.25, -0.2) is 21.6 Å². The highest BCUT2D eigenvalue weighted by molar-refractivity contribution is 7.90. The molecule has 0 atom stereocenters. The van der Waals surface area contributed by atoms with E-state index in [1.807, 2.05) is 0 Å². The fraction of sp³-hybridized carbons (Fsp3) is 0.292. The second-order valence-electron chi connectivity index (χ2n) is 8.75. The van der Waals surface area contributed by atoms with Crippen LogP contribution in [0.3, 0.4) is 0 Å². The Hall–Kier alpha value is -3.53. The minimum Gasteiger partial charge on any atom is -0.454 e. The fourth-order valence-electron chi connectivity index (χ4n) is 3.36. The van der Waals surface area contributed by atoms with Crippen LogP contribution in [0.2, 0.25) is 0 Å². The summed E-state index contributed by atoms with van der Waals surface area (Å²) < 4.78 is 73.5. The number of benzene rings is 2. The summed E-state index contributed by atoms with van der Waals surface area (Å²) in [5.41, 5.74) is -0.200. The van der Waals surface area contributed by atoms with Crippen molar-refractivity contribution in [1.82, 2.24) is 8.87 Å². The number of nitrogens with zero attached hydrogens (tertiary/aromatic N) is 2. The first kappa shape index (κ1) is 21.0. The Bertz CT molecular complexity index is 1430. The first-order chi connectivity index (χ1) is 16.7. The number of hydrogen-bond donors (Lipinski definition) is 0. The van der Waals surface area contributed by atoms with Gasteiger partial charge in [0.05, 0.1) is 17.1 Å². The summed E-state index contributed by atoms with van der Waals surface area (Å²) in [7, 11) is -2.79. The normalized spacial score (nSPS) is 15.4. The van der Waals surface area contributed by atoms with Gasteiger partial charge in [-0.2, -0.15) is 0 Å². The van der Waals surface area contributed by atoms with E-state index >= 15 is 0 Å². The number of amides is 1. The molecule has 0 unspecified atom stereocenters. The van der Waals surface area contributed by atoms with Crippen LogP contribution >= 0.6 is 0 Å². The molecule has 2 aromatic carbocycles. The second kappa shape index (κ2) is 8.68. The average molecular weight is 491 g/mol. The summed E-state index contributed by atoms with van der Waals surface area (Å²) >= 11 is 0. The lowest BCUT2D eigenvalue weighted by Crippen LogP contribution is -2.33. The molecular formula is C24H25FN2O6S. The predicted molar refractivity (Wildman–Crippen MR) is 123 cm³/mol. The van der Waals surface area contributed by atoms with Crippen molar-refractivity contribution >= 4 is 16.1 Å². The molecule has 0 fully saturated rings. The Morgan fingerprint density at radius 2 is 1.88 bits per heavy atom. The summed E-state index contributed by atoms with van der Waals surface area (Å²) in [6.07, 6.45) is 0.706. The zero-order valence-electron chi connectivity index (χ0n) is 21.0. The van der Waals surface area contributed by atoms with E-state index in [4.69, 9.17) is 17.0 Å². The van der Waals surface area contributed by atoms with E-state index in [-0.39, 0.29) is 34.2 Å². The van der Waals surface area contributed by atoms with Gasteiger partial charge in [0, 0.05) is 24.9 Å². The van der Waals surface area contributed by atoms with Gasteiger partial charge in [0.2, 0.25) is 6.75 Å². The van der Waals surface area contributed by atoms with E-state index in [0.29, 0.717) is 5.56 Å². The van der Waals surface area contributed by atoms with Crippen LogP contribution in [0, 0.1) is 5.82 Å². The summed E-state index contributed by atoms with van der Waals surface area (Å²) in [6.45, 7) is 2.77. The lowest BCUT2D eigenvalue weighted by atomic mass is 10.1. The van der Waals surface area contributed by atoms with Crippen molar-refractivity contribution in [3.8, 4) is 22.8 Å². The van der Waals surface area contributed by atoms with E-state index in [9.17, 15) is 17.6 Å². The molecular weight excluding hydrogens is 463 g/mol. The van der Waals surface area contributed by atoms with Gasteiger partial charge in [0.1, 0.15) is 14.2 Å². The van der Waals surface area contributed by atoms with Gasteiger partial charge in [-0.3, -0.25) is 0 Å². The molecule has 0 spiro atoms. The van der Waals surface area contributed by atoms with Crippen molar-refractivity contribution in [2.45, 2.75) is 37.8 Å². The number of fused-ring (bicyclic) bond motifs is 1. The van der Waals surface area contributed by atoms with Crippen molar-refractivity contribution < 1.29 is 34.6 Å². The number of carbonyl (C=O) groups is 1. The molecule has 0 aliphatic carbocycles. The largest absolute Gasteiger partial charge is 0.454 e. The SMILES string of the molecule is [2H]C1([2H])Oc2ccc(S(=O)(=O)n3cc(CN(C)C(=O)OC(C)(C)C)cc3-c3ccccc3F)cc2O1. The Morgan fingerprint density at radius 3 is 2.59 bits per heavy atom. The summed E-state index contributed by atoms with van der Waals surface area (Å²) in [6, 6.07) is 10.9. The Labute approximate surface area is 200 Å². The van der Waals surface area contributed by atoms with Crippen molar-refractivity contribution in [3.05, 3.63) is 66.1 Å². The second-order valence-corrected chi connectivity index (χ2v) is 10.6. The van der Waals surface area contributed by atoms with E-state index in [1.54, 1.807) is 26.8 Å². The molecule has 8 nitrogen and oxygen atoms in total. The number of carbonyl (C=O) groups excluding carboxylic acids is 1. The van der Waals surface area contributed by atoms with E-state index < -0.39 is 34.3 Å². The molecule has 0 radical (unpaired) electrons. The molecule has 4 rings (SSSR count). The molecule has 1 aliphatic heterocycles. The number of aromatic nitrogens is 1. The van der Waals surface area contributed by atoms with Crippen molar-refractivity contribution in [3.63, 3.8) is 0 Å². The highest BCUT2D eigenvalue weighted by atomic mass is 32.2. The van der Waals surface area contributed by atoms with Gasteiger partial charge < -0.3 is 19.1 Å². The lowest BCUT2D eigenvalue weighted by molar-refractivity contribution is 0.0285. The molecule has 1 aromatic heterocycles. The monoisotopic (exact) mass is 490 g/mol. The van der Waals surface area contributed by atoms with Crippen LogP contribution in [-0.4, -0.2) is 42.8 Å². The molecule has 0 saturated heterocycles. The molecule has 0 saturated carbocycles. The first-order valence-corrected chi connectivity index (χ1v) is 11.8. The maximum absolute atomic E-state index is 14.7. The molecule has 1 aliphatic rings. The summed E-state index contributed by atoms with van der Waals surface area (Å²) in [5, 5.41) is 0. The van der Waals surface area contributed by atoms with E-state index in [1.165, 1.54) is 54.5 Å². The standard InChI is InChI=1S/C24H25FN2O6S/c1-24(2,3)33-23(28)26(4)13-16-11-20(18-7-5-6-8-19(18)25)27(14-16)34(29,30)17-9-10-21-22(12-17)32-15-31-21/h5-12,14H,13,15H2,1-4H3/i15D2. The zero-order valence-corrected chi connectivity index (χ0v) is 19.8. The number of halogens is 1. The predicted octanol–water partition coefficient (Wildman–Crippen LogP) is 4.63. The average Bonchev–Trinajstić information content (AvgIpc) is 3.31. The van der Waals surface area contributed by atoms with Gasteiger partial charge >= 0.3 is 6.09 Å². The Balaban J connectivity index is 1.76. The summed E-state index contributed by atoms with van der Waals surface area (Å²) in [4.78, 5) is 13.5. The van der Waals surface area contributed by atoms with Gasteiger partial charge in [0.15, 0.2) is 11.5 Å². The Morgan fingerprint density at radius 1 is 1.18 bits per heavy atom. The van der Waals surface area contributed by atoms with Crippen LogP contribution in [0.25, 0.3) is 11.3 Å². The molecule has 1 amide bonds. The van der Waals surface area contributed by atoms with Gasteiger partial charge in [-0.15, -0.1) is 0 Å². The summed E-state index contributed by atoms with van der Waals surface area (Å²) in [5.74, 6) is -0.649. The quantitative estimate of drug-likeness (QED) is 0.518. The molecule has 0 bridgehead atoms. The van der Waals surface area contributed by atoms with E-state index in [2.05, 4.69) is 0 Å². The maximum Gasteiger partial charge on any atom is 0.410 e. The molecule has 34 heavy (non-hydrogen) atoms. The fourth-order valence-corrected chi connectivity index (χ4v) is 4.77. The Kier molecular flexibility index (Phi) is 5.37. The van der Waals surface area contributed by atoms with Crippen molar-refractivity contribution in [2.24, 2.45) is 0 Å². The zero-order chi connectivity index (χ0) is 26.5. The topological polar surface area (TPSA) is 87.1 Å². The first-order valence-electron chi connectivity index (χ1n) is 11.3. The third kappa shape index (κ3) is 4.72. The van der Waals surface area contributed by atoms with Crippen LogP contribution in [0.15, 0.2) is 59.6 Å². The molecule has 180 valence electrons. The number of hydrogen-bond acceptors (Lipinski definition) is 6. The van der Waals surface area contributed by atoms with Gasteiger partial charge in [-0.1, -0.05) is 12.1 Å². The minimum absolute atomic E-state index is 0.000229. The van der Waals surface area contributed by atoms with Crippen LogP contribution < -0.4 is 9.47 Å². The highest BCUT2D eigenvalue weighted by Crippen LogP contribution is 2.36. The smallest absolute Gasteiger partial charge is 0.410 e. The molecule has 0 N–H and O–H groups in total. The van der Waals surface area contributed by atoms with Crippen LogP contribution in [0.5, 0.6) is 11.5 Å². The van der Waals surface area contributed by atoms with Crippen LogP contribution in [0.1, 0.15) is 29.1 Å². The van der Waals surface area contributed by atoms with Gasteiger partial charge in [0.25, 0.3) is 10.0 Å². The third-order valence-electron chi connectivity index (χ3n) is 4.89. The molecule has 3 aromatic rings. The van der Waals surface area contributed by atoms with E-state index in [0.717, 1.165) is 10.0 Å². The van der Waals surface area contributed by atoms with Crippen LogP contribution in [-0.2, 0) is 21.3 Å².